The van der Waals surface area contributed by atoms with Crippen LogP contribution in [-0.4, -0.2) is 37.9 Å². The van der Waals surface area contributed by atoms with E-state index in [4.69, 9.17) is 0 Å². The van der Waals surface area contributed by atoms with Crippen molar-refractivity contribution in [2.45, 2.75) is 24.5 Å². The normalized spacial score (nSPS) is 16.1. The number of fused-ring (bicyclic) bond motifs is 4. The predicted octanol–water partition coefficient (Wildman–Crippen LogP) is 3.72. The number of thioether (sulfide) groups is 1. The maximum absolute atomic E-state index is 13.5. The summed E-state index contributed by atoms with van der Waals surface area (Å²) in [6.07, 6.45) is 0.863. The van der Waals surface area contributed by atoms with Gasteiger partial charge in [-0.1, -0.05) is 30.0 Å². The standard InChI is InChI=1S/C20H16FN5OS/c1-11-8-12-4-2-3-5-16(12)26(11)17(27)10-28-20-23-19-18(24-25-20)14-9-13(21)6-7-15(14)22-19/h2-7,9,11H,8,10H2,1H3,(H,22,23,25)/t11-/m0/s1. The summed E-state index contributed by atoms with van der Waals surface area (Å²) in [5, 5.41) is 9.34. The first-order chi connectivity index (χ1) is 13.6. The van der Waals surface area contributed by atoms with Crippen LogP contribution in [0.3, 0.4) is 0 Å². The summed E-state index contributed by atoms with van der Waals surface area (Å²) in [6.45, 7) is 2.05. The van der Waals surface area contributed by atoms with Crippen molar-refractivity contribution in [3.8, 4) is 0 Å². The van der Waals surface area contributed by atoms with Crippen molar-refractivity contribution < 1.29 is 9.18 Å². The summed E-state index contributed by atoms with van der Waals surface area (Å²) in [6, 6.07) is 12.6. The molecule has 0 aliphatic carbocycles. The molecule has 0 radical (unpaired) electrons. The number of hydrogen-bond donors (Lipinski definition) is 1. The smallest absolute Gasteiger partial charge is 0.237 e. The maximum atomic E-state index is 13.5. The molecule has 0 fully saturated rings. The Morgan fingerprint density at radius 3 is 3.04 bits per heavy atom. The average molecular weight is 393 g/mol. The van der Waals surface area contributed by atoms with Gasteiger partial charge in [0.25, 0.3) is 0 Å². The monoisotopic (exact) mass is 393 g/mol. The second-order valence-electron chi connectivity index (χ2n) is 6.84. The highest BCUT2D eigenvalue weighted by atomic mass is 32.2. The summed E-state index contributed by atoms with van der Waals surface area (Å²) in [4.78, 5) is 22.2. The number of H-pyrrole nitrogens is 1. The molecule has 8 heteroatoms. The van der Waals surface area contributed by atoms with Gasteiger partial charge >= 0.3 is 0 Å². The lowest BCUT2D eigenvalue weighted by atomic mass is 10.1. The summed E-state index contributed by atoms with van der Waals surface area (Å²) >= 11 is 1.25. The molecule has 1 amide bonds. The summed E-state index contributed by atoms with van der Waals surface area (Å²) in [5.74, 6) is -0.0927. The molecule has 0 spiro atoms. The Balaban J connectivity index is 1.37. The van der Waals surface area contributed by atoms with Gasteiger partial charge in [0.15, 0.2) is 5.65 Å². The van der Waals surface area contributed by atoms with Gasteiger partial charge in [-0.05, 0) is 43.2 Å². The number of rotatable bonds is 3. The van der Waals surface area contributed by atoms with E-state index in [2.05, 4.69) is 33.2 Å². The Morgan fingerprint density at radius 1 is 1.29 bits per heavy atom. The third kappa shape index (κ3) is 2.80. The fourth-order valence-electron chi connectivity index (χ4n) is 3.73. The van der Waals surface area contributed by atoms with Crippen molar-refractivity contribution in [1.82, 2.24) is 20.2 Å². The average Bonchev–Trinajstić information content (AvgIpc) is 3.22. The van der Waals surface area contributed by atoms with Crippen LogP contribution in [-0.2, 0) is 11.2 Å². The first-order valence-corrected chi connectivity index (χ1v) is 9.93. The van der Waals surface area contributed by atoms with E-state index in [0.29, 0.717) is 21.7 Å². The molecule has 1 N–H and O–H groups in total. The molecule has 2 aromatic carbocycles. The number of halogens is 1. The van der Waals surface area contributed by atoms with Crippen LogP contribution in [0.15, 0.2) is 47.6 Å². The minimum atomic E-state index is -0.334. The van der Waals surface area contributed by atoms with E-state index in [9.17, 15) is 9.18 Å². The number of amides is 1. The molecule has 1 atom stereocenters. The molecular weight excluding hydrogens is 377 g/mol. The molecule has 0 bridgehead atoms. The molecule has 140 valence electrons. The Morgan fingerprint density at radius 2 is 2.14 bits per heavy atom. The van der Waals surface area contributed by atoms with Crippen molar-refractivity contribution in [2.24, 2.45) is 0 Å². The number of benzene rings is 2. The molecule has 1 aliphatic heterocycles. The van der Waals surface area contributed by atoms with E-state index < -0.39 is 0 Å². The lowest BCUT2D eigenvalue weighted by Gasteiger charge is -2.22. The van der Waals surface area contributed by atoms with E-state index in [-0.39, 0.29) is 23.5 Å². The predicted molar refractivity (Wildman–Crippen MR) is 107 cm³/mol. The van der Waals surface area contributed by atoms with Crippen molar-refractivity contribution in [2.75, 3.05) is 10.7 Å². The quantitative estimate of drug-likeness (QED) is 0.537. The molecule has 2 aromatic heterocycles. The topological polar surface area (TPSA) is 74.8 Å². The van der Waals surface area contributed by atoms with Crippen LogP contribution in [0.25, 0.3) is 22.1 Å². The van der Waals surface area contributed by atoms with Crippen LogP contribution in [0, 0.1) is 5.82 Å². The fraction of sp³-hybridized carbons (Fsp3) is 0.200. The SMILES string of the molecule is C[C@H]1Cc2ccccc2N1C(=O)CSc1nnc2c(n1)[nH]c1ccc(F)cc12. The van der Waals surface area contributed by atoms with E-state index in [1.807, 2.05) is 23.1 Å². The number of carbonyl (C=O) groups is 1. The van der Waals surface area contributed by atoms with E-state index in [0.717, 1.165) is 17.6 Å². The van der Waals surface area contributed by atoms with Crippen LogP contribution < -0.4 is 4.90 Å². The number of aromatic amines is 1. The van der Waals surface area contributed by atoms with E-state index in [1.54, 1.807) is 6.07 Å². The van der Waals surface area contributed by atoms with Gasteiger partial charge in [0, 0.05) is 22.6 Å². The van der Waals surface area contributed by atoms with Gasteiger partial charge in [-0.2, -0.15) is 0 Å². The number of carbonyl (C=O) groups excluding carboxylic acids is 1. The van der Waals surface area contributed by atoms with Gasteiger partial charge in [-0.15, -0.1) is 10.2 Å². The molecule has 3 heterocycles. The van der Waals surface area contributed by atoms with Crippen LogP contribution in [0.4, 0.5) is 10.1 Å². The zero-order chi connectivity index (χ0) is 19.3. The van der Waals surface area contributed by atoms with Crippen molar-refractivity contribution >= 4 is 45.4 Å². The molecule has 0 unspecified atom stereocenters. The van der Waals surface area contributed by atoms with Gasteiger partial charge in [0.05, 0.1) is 5.75 Å². The summed E-state index contributed by atoms with van der Waals surface area (Å²) in [7, 11) is 0. The number of nitrogens with one attached hydrogen (secondary N) is 1. The van der Waals surface area contributed by atoms with Gasteiger partial charge in [-0.25, -0.2) is 9.37 Å². The first kappa shape index (κ1) is 17.1. The molecule has 4 aromatic rings. The highest BCUT2D eigenvalue weighted by Gasteiger charge is 2.30. The van der Waals surface area contributed by atoms with Gasteiger partial charge in [0.1, 0.15) is 11.3 Å². The molecule has 6 nitrogen and oxygen atoms in total. The van der Waals surface area contributed by atoms with Crippen LogP contribution in [0.1, 0.15) is 12.5 Å². The van der Waals surface area contributed by atoms with Crippen LogP contribution >= 0.6 is 11.8 Å². The largest absolute Gasteiger partial charge is 0.338 e. The van der Waals surface area contributed by atoms with Crippen LogP contribution in [0.2, 0.25) is 0 Å². The molecule has 28 heavy (non-hydrogen) atoms. The fourth-order valence-corrected chi connectivity index (χ4v) is 4.38. The maximum Gasteiger partial charge on any atom is 0.237 e. The Kier molecular flexibility index (Phi) is 4.01. The zero-order valence-corrected chi connectivity index (χ0v) is 15.8. The second kappa shape index (κ2) is 6.56. The highest BCUT2D eigenvalue weighted by molar-refractivity contribution is 7.99. The Labute approximate surface area is 164 Å². The van der Waals surface area contributed by atoms with Crippen molar-refractivity contribution in [3.05, 3.63) is 53.8 Å². The summed E-state index contributed by atoms with van der Waals surface area (Å²) in [5.41, 5.74) is 3.97. The molecule has 0 saturated carbocycles. The molecule has 0 saturated heterocycles. The second-order valence-corrected chi connectivity index (χ2v) is 7.78. The zero-order valence-electron chi connectivity index (χ0n) is 15.0. The third-order valence-corrected chi connectivity index (χ3v) is 5.78. The van der Waals surface area contributed by atoms with Crippen molar-refractivity contribution in [1.29, 1.82) is 0 Å². The highest BCUT2D eigenvalue weighted by Crippen LogP contribution is 2.32. The third-order valence-electron chi connectivity index (χ3n) is 4.96. The van der Waals surface area contributed by atoms with Crippen LogP contribution in [0.5, 0.6) is 0 Å². The number of hydrogen-bond acceptors (Lipinski definition) is 5. The molecule has 1 aliphatic rings. The Hall–Kier alpha value is -3.00. The number of para-hydroxylation sites is 1. The molecule has 5 rings (SSSR count). The van der Waals surface area contributed by atoms with Gasteiger partial charge in [-0.3, -0.25) is 4.79 Å². The summed E-state index contributed by atoms with van der Waals surface area (Å²) < 4.78 is 13.5. The van der Waals surface area contributed by atoms with E-state index in [1.165, 1.54) is 29.5 Å². The van der Waals surface area contributed by atoms with E-state index >= 15 is 0 Å². The number of nitrogens with zero attached hydrogens (tertiary/aromatic N) is 4. The molecular formula is C20H16FN5OS. The Bertz CT molecular complexity index is 1220. The van der Waals surface area contributed by atoms with Gasteiger partial charge < -0.3 is 9.88 Å². The van der Waals surface area contributed by atoms with Crippen molar-refractivity contribution in [3.63, 3.8) is 0 Å². The lowest BCUT2D eigenvalue weighted by Crippen LogP contribution is -2.37. The number of aromatic nitrogens is 4. The first-order valence-electron chi connectivity index (χ1n) is 8.94. The minimum Gasteiger partial charge on any atom is -0.338 e. The minimum absolute atomic E-state index is 0.0184. The lowest BCUT2D eigenvalue weighted by molar-refractivity contribution is -0.116. The van der Waals surface area contributed by atoms with Gasteiger partial charge in [0.2, 0.25) is 11.1 Å². The number of anilines is 1.